The number of hydrogen-bond donors (Lipinski definition) is 1. The third-order valence-corrected chi connectivity index (χ3v) is 2.97. The predicted octanol–water partition coefficient (Wildman–Crippen LogP) is 0.659. The molecule has 0 amide bonds. The molecule has 0 aromatic carbocycles. The van der Waals surface area contributed by atoms with Crippen LogP contribution in [0.25, 0.3) is 0 Å². The minimum atomic E-state index is 0.393. The summed E-state index contributed by atoms with van der Waals surface area (Å²) in [4.78, 5) is 10.6. The van der Waals surface area contributed by atoms with E-state index in [1.165, 1.54) is 0 Å². The zero-order valence-electron chi connectivity index (χ0n) is 9.76. The lowest BCUT2D eigenvalue weighted by Crippen LogP contribution is -2.42. The molecule has 2 N–H and O–H groups in total. The van der Waals surface area contributed by atoms with Gasteiger partial charge in [0.25, 0.3) is 0 Å². The summed E-state index contributed by atoms with van der Waals surface area (Å²) in [5.41, 5.74) is 5.76. The molecule has 0 aliphatic heterocycles. The quantitative estimate of drug-likeness (QED) is 0.810. The van der Waals surface area contributed by atoms with Crippen LogP contribution in [0.4, 0.5) is 5.95 Å². The summed E-state index contributed by atoms with van der Waals surface area (Å²) in [5, 5.41) is 0. The van der Waals surface area contributed by atoms with E-state index in [9.17, 15) is 0 Å². The Hall–Kier alpha value is -1.36. The lowest BCUT2D eigenvalue weighted by molar-refractivity contribution is 0.270. The van der Waals surface area contributed by atoms with Crippen LogP contribution in [-0.4, -0.2) is 36.7 Å². The molecule has 1 aliphatic carbocycles. The van der Waals surface area contributed by atoms with Crippen molar-refractivity contribution in [2.24, 2.45) is 11.7 Å². The van der Waals surface area contributed by atoms with Gasteiger partial charge in [-0.1, -0.05) is 0 Å². The highest BCUT2D eigenvalue weighted by molar-refractivity contribution is 5.30. The third kappa shape index (κ3) is 2.41. The standard InChI is InChI=1S/C11H18N4O/c1-15(7-8-5-9(12)6-8)11-13-4-3-10(14-11)16-2/h3-4,8-9H,5-7,12H2,1-2H3. The molecule has 1 saturated carbocycles. The van der Waals surface area contributed by atoms with E-state index in [2.05, 4.69) is 14.9 Å². The van der Waals surface area contributed by atoms with Gasteiger partial charge >= 0.3 is 0 Å². The predicted molar refractivity (Wildman–Crippen MR) is 62.6 cm³/mol. The molecule has 1 fully saturated rings. The monoisotopic (exact) mass is 222 g/mol. The van der Waals surface area contributed by atoms with Gasteiger partial charge in [0.15, 0.2) is 0 Å². The summed E-state index contributed by atoms with van der Waals surface area (Å²) in [6, 6.07) is 2.14. The van der Waals surface area contributed by atoms with Crippen molar-refractivity contribution in [3.05, 3.63) is 12.3 Å². The van der Waals surface area contributed by atoms with Gasteiger partial charge in [-0.05, 0) is 18.8 Å². The van der Waals surface area contributed by atoms with E-state index in [0.717, 1.165) is 19.4 Å². The second-order valence-corrected chi connectivity index (χ2v) is 4.38. The number of nitrogens with two attached hydrogens (primary N) is 1. The molecule has 16 heavy (non-hydrogen) atoms. The molecule has 0 spiro atoms. The van der Waals surface area contributed by atoms with Crippen molar-refractivity contribution in [3.63, 3.8) is 0 Å². The summed E-state index contributed by atoms with van der Waals surface area (Å²) in [6.45, 7) is 0.959. The maximum atomic E-state index is 5.76. The second-order valence-electron chi connectivity index (χ2n) is 4.38. The molecule has 2 rings (SSSR count). The maximum absolute atomic E-state index is 5.76. The van der Waals surface area contributed by atoms with Crippen molar-refractivity contribution in [1.82, 2.24) is 9.97 Å². The first-order valence-corrected chi connectivity index (χ1v) is 5.53. The number of hydrogen-bond acceptors (Lipinski definition) is 5. The van der Waals surface area contributed by atoms with E-state index < -0.39 is 0 Å². The van der Waals surface area contributed by atoms with Crippen LogP contribution in [0.3, 0.4) is 0 Å². The normalized spacial score (nSPS) is 23.7. The molecule has 88 valence electrons. The molecule has 1 aromatic rings. The SMILES string of the molecule is COc1ccnc(N(C)CC2CC(N)C2)n1. The summed E-state index contributed by atoms with van der Waals surface area (Å²) in [5.74, 6) is 1.98. The number of methoxy groups -OCH3 is 1. The number of rotatable bonds is 4. The highest BCUT2D eigenvalue weighted by atomic mass is 16.5. The lowest BCUT2D eigenvalue weighted by atomic mass is 9.81. The van der Waals surface area contributed by atoms with E-state index >= 15 is 0 Å². The Labute approximate surface area is 95.6 Å². The molecule has 0 radical (unpaired) electrons. The molecule has 0 atom stereocenters. The molecular formula is C11H18N4O. The Morgan fingerprint density at radius 2 is 2.31 bits per heavy atom. The molecular weight excluding hydrogens is 204 g/mol. The van der Waals surface area contributed by atoms with Gasteiger partial charge < -0.3 is 15.4 Å². The van der Waals surface area contributed by atoms with Gasteiger partial charge in [-0.3, -0.25) is 0 Å². The van der Waals surface area contributed by atoms with E-state index in [1.54, 1.807) is 19.4 Å². The van der Waals surface area contributed by atoms with E-state index in [4.69, 9.17) is 10.5 Å². The largest absolute Gasteiger partial charge is 0.481 e. The van der Waals surface area contributed by atoms with Crippen LogP contribution < -0.4 is 15.4 Å². The van der Waals surface area contributed by atoms with Gasteiger partial charge in [-0.15, -0.1) is 0 Å². The Bertz CT molecular complexity index is 352. The van der Waals surface area contributed by atoms with Gasteiger partial charge in [-0.2, -0.15) is 4.98 Å². The fourth-order valence-electron chi connectivity index (χ4n) is 2.04. The van der Waals surface area contributed by atoms with E-state index in [0.29, 0.717) is 23.8 Å². The maximum Gasteiger partial charge on any atom is 0.228 e. The summed E-state index contributed by atoms with van der Waals surface area (Å²) in [6.07, 6.45) is 3.92. The van der Waals surface area contributed by atoms with Crippen molar-refractivity contribution in [1.29, 1.82) is 0 Å². The Morgan fingerprint density at radius 1 is 1.56 bits per heavy atom. The van der Waals surface area contributed by atoms with Crippen LogP contribution >= 0.6 is 0 Å². The topological polar surface area (TPSA) is 64.3 Å². The van der Waals surface area contributed by atoms with Crippen molar-refractivity contribution >= 4 is 5.95 Å². The van der Waals surface area contributed by atoms with E-state index in [-0.39, 0.29) is 0 Å². The first-order chi connectivity index (χ1) is 7.69. The van der Waals surface area contributed by atoms with Crippen molar-refractivity contribution < 1.29 is 4.74 Å². The lowest BCUT2D eigenvalue weighted by Gasteiger charge is -2.35. The van der Waals surface area contributed by atoms with Gasteiger partial charge in [0.05, 0.1) is 7.11 Å². The fraction of sp³-hybridized carbons (Fsp3) is 0.636. The molecule has 0 bridgehead atoms. The van der Waals surface area contributed by atoms with Crippen LogP contribution in [0.2, 0.25) is 0 Å². The zero-order chi connectivity index (χ0) is 11.5. The molecule has 5 nitrogen and oxygen atoms in total. The van der Waals surface area contributed by atoms with Gasteiger partial charge in [0.1, 0.15) is 0 Å². The second kappa shape index (κ2) is 4.65. The van der Waals surface area contributed by atoms with Crippen molar-refractivity contribution in [2.75, 3.05) is 25.6 Å². The van der Waals surface area contributed by atoms with Crippen molar-refractivity contribution in [3.8, 4) is 5.88 Å². The zero-order valence-corrected chi connectivity index (χ0v) is 9.76. The third-order valence-electron chi connectivity index (χ3n) is 2.97. The van der Waals surface area contributed by atoms with Crippen LogP contribution in [0.1, 0.15) is 12.8 Å². The van der Waals surface area contributed by atoms with Gasteiger partial charge in [-0.25, -0.2) is 4.98 Å². The van der Waals surface area contributed by atoms with Crippen molar-refractivity contribution in [2.45, 2.75) is 18.9 Å². The summed E-state index contributed by atoms with van der Waals surface area (Å²) < 4.78 is 5.07. The average Bonchev–Trinajstić information content (AvgIpc) is 2.27. The number of ether oxygens (including phenoxy) is 1. The average molecular weight is 222 g/mol. The highest BCUT2D eigenvalue weighted by Crippen LogP contribution is 2.27. The summed E-state index contributed by atoms with van der Waals surface area (Å²) >= 11 is 0. The number of nitrogens with zero attached hydrogens (tertiary/aromatic N) is 3. The number of aromatic nitrogens is 2. The highest BCUT2D eigenvalue weighted by Gasteiger charge is 2.27. The van der Waals surface area contributed by atoms with Gasteiger partial charge in [0.2, 0.25) is 11.8 Å². The first-order valence-electron chi connectivity index (χ1n) is 5.53. The summed E-state index contributed by atoms with van der Waals surface area (Å²) in [7, 11) is 3.61. The molecule has 5 heteroatoms. The number of anilines is 1. The minimum absolute atomic E-state index is 0.393. The minimum Gasteiger partial charge on any atom is -0.481 e. The van der Waals surface area contributed by atoms with E-state index in [1.807, 2.05) is 7.05 Å². The van der Waals surface area contributed by atoms with Crippen LogP contribution in [-0.2, 0) is 0 Å². The van der Waals surface area contributed by atoms with Crippen LogP contribution in [0.5, 0.6) is 5.88 Å². The Kier molecular flexibility index (Phi) is 3.24. The fourth-order valence-corrected chi connectivity index (χ4v) is 2.04. The Balaban J connectivity index is 1.94. The van der Waals surface area contributed by atoms with Crippen LogP contribution in [0.15, 0.2) is 12.3 Å². The Morgan fingerprint density at radius 3 is 2.94 bits per heavy atom. The first kappa shape index (κ1) is 11.1. The molecule has 1 aliphatic rings. The molecule has 0 unspecified atom stereocenters. The molecule has 1 heterocycles. The van der Waals surface area contributed by atoms with Crippen LogP contribution in [0, 0.1) is 5.92 Å². The van der Waals surface area contributed by atoms with Gasteiger partial charge in [0, 0.05) is 31.9 Å². The molecule has 0 saturated heterocycles. The molecule has 1 aromatic heterocycles. The smallest absolute Gasteiger partial charge is 0.228 e.